The third kappa shape index (κ3) is 1.73. The van der Waals surface area contributed by atoms with Crippen LogP contribution in [0.4, 0.5) is 0 Å². The van der Waals surface area contributed by atoms with Gasteiger partial charge in [-0.3, -0.25) is 0 Å². The fraction of sp³-hybridized carbons (Fsp3) is 0.600. The summed E-state index contributed by atoms with van der Waals surface area (Å²) in [5, 5.41) is 0. The highest BCUT2D eigenvalue weighted by molar-refractivity contribution is 5.22. The van der Waals surface area contributed by atoms with Crippen molar-refractivity contribution in [2.24, 2.45) is 5.92 Å². The van der Waals surface area contributed by atoms with Crippen LogP contribution in [0.1, 0.15) is 33.1 Å². The Bertz CT molecular complexity index is 151. The average Bonchev–Trinajstić information content (AvgIpc) is 1.94. The lowest BCUT2D eigenvalue weighted by Crippen LogP contribution is -2.01. The van der Waals surface area contributed by atoms with E-state index in [0.717, 1.165) is 5.92 Å². The van der Waals surface area contributed by atoms with E-state index in [2.05, 4.69) is 32.1 Å². The van der Waals surface area contributed by atoms with E-state index in [1.54, 1.807) is 0 Å². The number of hydrogen-bond acceptors (Lipinski definition) is 0. The van der Waals surface area contributed by atoms with Gasteiger partial charge in [-0.2, -0.15) is 0 Å². The normalized spacial score (nSPS) is 27.0. The molecule has 10 heavy (non-hydrogen) atoms. The highest BCUT2D eigenvalue weighted by Gasteiger charge is 2.08. The van der Waals surface area contributed by atoms with Gasteiger partial charge in [0, 0.05) is 0 Å². The molecule has 1 unspecified atom stereocenters. The van der Waals surface area contributed by atoms with Gasteiger partial charge in [0.1, 0.15) is 0 Å². The second kappa shape index (κ2) is 3.60. The smallest absolute Gasteiger partial charge is 0.0194 e. The van der Waals surface area contributed by atoms with Crippen LogP contribution in [0.15, 0.2) is 23.8 Å². The van der Waals surface area contributed by atoms with Crippen molar-refractivity contribution in [3.8, 4) is 0 Å². The highest BCUT2D eigenvalue weighted by atomic mass is 14.1. The van der Waals surface area contributed by atoms with Crippen molar-refractivity contribution in [2.45, 2.75) is 33.1 Å². The molecule has 0 aromatic heterocycles. The number of hydrogen-bond donors (Lipinski definition) is 0. The Morgan fingerprint density at radius 1 is 1.60 bits per heavy atom. The van der Waals surface area contributed by atoms with Gasteiger partial charge < -0.3 is 0 Å². The quantitative estimate of drug-likeness (QED) is 0.518. The zero-order valence-corrected chi connectivity index (χ0v) is 6.93. The molecule has 0 saturated heterocycles. The molecule has 1 aliphatic rings. The van der Waals surface area contributed by atoms with Gasteiger partial charge in [-0.1, -0.05) is 25.2 Å². The summed E-state index contributed by atoms with van der Waals surface area (Å²) in [7, 11) is 0. The molecule has 1 rings (SSSR count). The first-order chi connectivity index (χ1) is 4.84. The number of rotatable bonds is 1. The monoisotopic (exact) mass is 136 g/mol. The zero-order chi connectivity index (χ0) is 7.40. The molecule has 0 spiro atoms. The lowest BCUT2D eigenvalue weighted by molar-refractivity contribution is 0.563. The Hall–Kier alpha value is -0.520. The van der Waals surface area contributed by atoms with E-state index < -0.39 is 0 Å². The van der Waals surface area contributed by atoms with Crippen molar-refractivity contribution in [1.29, 1.82) is 0 Å². The molecular formula is C10H16. The first kappa shape index (κ1) is 7.59. The van der Waals surface area contributed by atoms with E-state index in [-0.39, 0.29) is 0 Å². The van der Waals surface area contributed by atoms with E-state index in [1.807, 2.05) is 0 Å². The van der Waals surface area contributed by atoms with Crippen LogP contribution >= 0.6 is 0 Å². The maximum Gasteiger partial charge on any atom is -0.0194 e. The standard InChI is InChI=1S/C10H16/c1-3-6-10-8-5-4-7-9(10)2/h3,6,8-9H,4-5,7H2,1-2H3/b6-3-. The molecule has 0 bridgehead atoms. The highest BCUT2D eigenvalue weighted by Crippen LogP contribution is 2.24. The molecule has 0 N–H and O–H groups in total. The molecule has 0 saturated carbocycles. The molecule has 0 heterocycles. The molecule has 1 aliphatic carbocycles. The maximum absolute atomic E-state index is 2.37. The van der Waals surface area contributed by atoms with Crippen molar-refractivity contribution in [3.05, 3.63) is 23.8 Å². The van der Waals surface area contributed by atoms with Crippen LogP contribution in [0, 0.1) is 5.92 Å². The fourth-order valence-electron chi connectivity index (χ4n) is 1.49. The molecule has 0 aromatic carbocycles. The summed E-state index contributed by atoms with van der Waals surface area (Å²) in [6.07, 6.45) is 10.8. The van der Waals surface area contributed by atoms with Crippen LogP contribution in [-0.2, 0) is 0 Å². The molecule has 0 heteroatoms. The molecule has 0 amide bonds. The summed E-state index contributed by atoms with van der Waals surface area (Å²) in [6.45, 7) is 4.40. The molecule has 0 aromatic rings. The third-order valence-corrected chi connectivity index (χ3v) is 2.15. The average molecular weight is 136 g/mol. The SMILES string of the molecule is C/C=C\C1=CCCCC1C. The Kier molecular flexibility index (Phi) is 2.73. The zero-order valence-electron chi connectivity index (χ0n) is 6.93. The van der Waals surface area contributed by atoms with Crippen LogP contribution in [0.5, 0.6) is 0 Å². The molecule has 0 nitrogen and oxygen atoms in total. The Balaban J connectivity index is 2.61. The lowest BCUT2D eigenvalue weighted by Gasteiger charge is -2.17. The van der Waals surface area contributed by atoms with E-state index >= 15 is 0 Å². The Morgan fingerprint density at radius 3 is 3.00 bits per heavy atom. The van der Waals surface area contributed by atoms with Crippen molar-refractivity contribution in [2.75, 3.05) is 0 Å². The summed E-state index contributed by atoms with van der Waals surface area (Å²) in [6, 6.07) is 0. The summed E-state index contributed by atoms with van der Waals surface area (Å²) in [5.41, 5.74) is 1.54. The minimum atomic E-state index is 0.796. The minimum absolute atomic E-state index is 0.796. The summed E-state index contributed by atoms with van der Waals surface area (Å²) < 4.78 is 0. The van der Waals surface area contributed by atoms with Crippen LogP contribution in [0.3, 0.4) is 0 Å². The van der Waals surface area contributed by atoms with Crippen LogP contribution in [0.25, 0.3) is 0 Å². The van der Waals surface area contributed by atoms with Crippen molar-refractivity contribution < 1.29 is 0 Å². The second-order valence-electron chi connectivity index (χ2n) is 3.04. The summed E-state index contributed by atoms with van der Waals surface area (Å²) >= 11 is 0. The topological polar surface area (TPSA) is 0 Å². The minimum Gasteiger partial charge on any atom is -0.0874 e. The van der Waals surface area contributed by atoms with Gasteiger partial charge in [0.05, 0.1) is 0 Å². The van der Waals surface area contributed by atoms with Crippen molar-refractivity contribution in [1.82, 2.24) is 0 Å². The molecule has 0 fully saturated rings. The van der Waals surface area contributed by atoms with Gasteiger partial charge in [-0.15, -0.1) is 0 Å². The molecular weight excluding hydrogens is 120 g/mol. The largest absolute Gasteiger partial charge is 0.0874 e. The van der Waals surface area contributed by atoms with Crippen molar-refractivity contribution >= 4 is 0 Å². The third-order valence-electron chi connectivity index (χ3n) is 2.15. The number of allylic oxidation sites excluding steroid dienone is 4. The van der Waals surface area contributed by atoms with Gasteiger partial charge in [-0.05, 0) is 37.7 Å². The first-order valence-electron chi connectivity index (χ1n) is 4.17. The lowest BCUT2D eigenvalue weighted by atomic mass is 9.89. The van der Waals surface area contributed by atoms with E-state index in [1.165, 1.54) is 24.8 Å². The van der Waals surface area contributed by atoms with Crippen LogP contribution < -0.4 is 0 Å². The predicted octanol–water partition coefficient (Wildman–Crippen LogP) is 3.31. The Labute approximate surface area is 63.6 Å². The molecule has 1 atom stereocenters. The molecule has 0 radical (unpaired) electrons. The predicted molar refractivity (Wildman–Crippen MR) is 45.9 cm³/mol. The van der Waals surface area contributed by atoms with Gasteiger partial charge in [0.15, 0.2) is 0 Å². The first-order valence-corrected chi connectivity index (χ1v) is 4.17. The van der Waals surface area contributed by atoms with Gasteiger partial charge >= 0.3 is 0 Å². The Morgan fingerprint density at radius 2 is 2.40 bits per heavy atom. The molecule has 56 valence electrons. The van der Waals surface area contributed by atoms with E-state index in [9.17, 15) is 0 Å². The van der Waals surface area contributed by atoms with Crippen LogP contribution in [-0.4, -0.2) is 0 Å². The van der Waals surface area contributed by atoms with E-state index in [4.69, 9.17) is 0 Å². The van der Waals surface area contributed by atoms with Gasteiger partial charge in [-0.25, -0.2) is 0 Å². The second-order valence-corrected chi connectivity index (χ2v) is 3.04. The van der Waals surface area contributed by atoms with Crippen LogP contribution in [0.2, 0.25) is 0 Å². The fourth-order valence-corrected chi connectivity index (χ4v) is 1.49. The van der Waals surface area contributed by atoms with Crippen molar-refractivity contribution in [3.63, 3.8) is 0 Å². The summed E-state index contributed by atoms with van der Waals surface area (Å²) in [5.74, 6) is 0.796. The van der Waals surface area contributed by atoms with Gasteiger partial charge in [0.25, 0.3) is 0 Å². The van der Waals surface area contributed by atoms with Gasteiger partial charge in [0.2, 0.25) is 0 Å². The summed E-state index contributed by atoms with van der Waals surface area (Å²) in [4.78, 5) is 0. The maximum atomic E-state index is 2.37. The molecule has 0 aliphatic heterocycles. The van der Waals surface area contributed by atoms with E-state index in [0.29, 0.717) is 0 Å².